The predicted octanol–water partition coefficient (Wildman–Crippen LogP) is 2.41. The molecule has 1 aromatic carbocycles. The second kappa shape index (κ2) is 4.47. The largest absolute Gasteiger partial charge is 0.382 e. The lowest BCUT2D eigenvalue weighted by Gasteiger charge is -2.19. The minimum absolute atomic E-state index is 0.136. The molecule has 17 heavy (non-hydrogen) atoms. The lowest BCUT2D eigenvalue weighted by molar-refractivity contribution is 0.0981. The lowest BCUT2D eigenvalue weighted by Crippen LogP contribution is -2.20. The normalized spacial score (nSPS) is 17.1. The summed E-state index contributed by atoms with van der Waals surface area (Å²) < 4.78 is 0. The number of ketones is 2. The first-order chi connectivity index (χ1) is 8.02. The third-order valence-corrected chi connectivity index (χ3v) is 3.66. The van der Waals surface area contributed by atoms with E-state index in [0.717, 1.165) is 11.8 Å². The second-order valence-electron chi connectivity index (χ2n) is 3.88. The summed E-state index contributed by atoms with van der Waals surface area (Å²) in [6.45, 7) is 3.20. The number of thioether (sulfide) groups is 1. The van der Waals surface area contributed by atoms with Crippen LogP contribution < -0.4 is 0 Å². The van der Waals surface area contributed by atoms with Gasteiger partial charge in [0, 0.05) is 16.7 Å². The summed E-state index contributed by atoms with van der Waals surface area (Å²) in [4.78, 5) is 24.6. The molecule has 0 aromatic heterocycles. The van der Waals surface area contributed by atoms with Gasteiger partial charge in [-0.25, -0.2) is 0 Å². The molecule has 0 saturated heterocycles. The van der Waals surface area contributed by atoms with E-state index in [1.807, 2.05) is 0 Å². The van der Waals surface area contributed by atoms with Gasteiger partial charge in [-0.05, 0) is 13.8 Å². The van der Waals surface area contributed by atoms with Crippen LogP contribution in [0.15, 0.2) is 34.7 Å². The fraction of sp³-hybridized carbons (Fsp3) is 0.231. The van der Waals surface area contributed by atoms with E-state index in [4.69, 9.17) is 0 Å². The van der Waals surface area contributed by atoms with Crippen LogP contribution in [0.1, 0.15) is 34.6 Å². The number of aliphatic hydroxyl groups is 1. The van der Waals surface area contributed by atoms with Gasteiger partial charge in [-0.2, -0.15) is 0 Å². The number of hydrogen-bond donors (Lipinski definition) is 1. The smallest absolute Gasteiger partial charge is 0.200 e. The Bertz CT molecular complexity index is 529. The van der Waals surface area contributed by atoms with Gasteiger partial charge in [0.2, 0.25) is 5.78 Å². The second-order valence-corrected chi connectivity index (χ2v) is 5.20. The van der Waals surface area contributed by atoms with Crippen LogP contribution in [0, 0.1) is 0 Å². The molecule has 1 aliphatic carbocycles. The van der Waals surface area contributed by atoms with Crippen molar-refractivity contribution >= 4 is 23.3 Å². The van der Waals surface area contributed by atoms with Gasteiger partial charge in [0.25, 0.3) is 0 Å². The Morgan fingerprint density at radius 1 is 1.12 bits per heavy atom. The van der Waals surface area contributed by atoms with Gasteiger partial charge in [0.05, 0.1) is 4.91 Å². The zero-order chi connectivity index (χ0) is 12.6. The van der Waals surface area contributed by atoms with E-state index in [2.05, 4.69) is 0 Å². The minimum Gasteiger partial charge on any atom is -0.382 e. The molecule has 1 aromatic rings. The molecular weight excluding hydrogens is 236 g/mol. The molecule has 4 heteroatoms. The van der Waals surface area contributed by atoms with Crippen LogP contribution in [0.3, 0.4) is 0 Å². The van der Waals surface area contributed by atoms with Crippen molar-refractivity contribution in [2.24, 2.45) is 0 Å². The van der Waals surface area contributed by atoms with E-state index in [1.165, 1.54) is 0 Å². The molecule has 0 radical (unpaired) electrons. The number of aliphatic hydroxyl groups excluding tert-OH is 1. The van der Waals surface area contributed by atoms with Crippen LogP contribution in [0.2, 0.25) is 0 Å². The fourth-order valence-corrected chi connectivity index (χ4v) is 2.62. The lowest BCUT2D eigenvalue weighted by atomic mass is 9.90. The molecule has 2 rings (SSSR count). The Morgan fingerprint density at radius 3 is 2.18 bits per heavy atom. The highest BCUT2D eigenvalue weighted by atomic mass is 32.2. The van der Waals surface area contributed by atoms with Crippen molar-refractivity contribution in [2.75, 3.05) is 0 Å². The predicted molar refractivity (Wildman–Crippen MR) is 67.1 cm³/mol. The highest BCUT2D eigenvalue weighted by Gasteiger charge is 2.30. The summed E-state index contributed by atoms with van der Waals surface area (Å²) >= 11 is 1.02. The third-order valence-electron chi connectivity index (χ3n) is 2.59. The van der Waals surface area contributed by atoms with Crippen LogP contribution in [0.25, 0.3) is 0 Å². The van der Waals surface area contributed by atoms with Gasteiger partial charge in [-0.3, -0.25) is 9.59 Å². The van der Waals surface area contributed by atoms with Gasteiger partial charge in [-0.15, -0.1) is 0 Å². The van der Waals surface area contributed by atoms with E-state index in [0.29, 0.717) is 21.6 Å². The van der Waals surface area contributed by atoms with Crippen LogP contribution >= 0.6 is 11.8 Å². The summed E-state index contributed by atoms with van der Waals surface area (Å²) in [7, 11) is 0. The van der Waals surface area contributed by atoms with Gasteiger partial charge < -0.3 is 5.11 Å². The van der Waals surface area contributed by atoms with E-state index in [-0.39, 0.29) is 11.6 Å². The van der Waals surface area contributed by atoms with Crippen molar-refractivity contribution < 1.29 is 14.7 Å². The van der Waals surface area contributed by atoms with E-state index >= 15 is 0 Å². The molecule has 1 unspecified atom stereocenters. The van der Waals surface area contributed by atoms with Crippen molar-refractivity contribution in [3.8, 4) is 0 Å². The summed E-state index contributed by atoms with van der Waals surface area (Å²) in [6, 6.07) is 6.77. The molecule has 0 fully saturated rings. The molecule has 0 spiro atoms. The van der Waals surface area contributed by atoms with Crippen molar-refractivity contribution in [1.29, 1.82) is 0 Å². The molecule has 0 amide bonds. The third kappa shape index (κ3) is 2.06. The monoisotopic (exact) mass is 248 g/mol. The van der Waals surface area contributed by atoms with Crippen molar-refractivity contribution in [1.82, 2.24) is 0 Å². The van der Waals surface area contributed by atoms with Crippen LogP contribution in [0.5, 0.6) is 0 Å². The highest BCUT2D eigenvalue weighted by molar-refractivity contribution is 8.04. The van der Waals surface area contributed by atoms with Gasteiger partial charge in [0.15, 0.2) is 5.78 Å². The molecule has 3 nitrogen and oxygen atoms in total. The molecular formula is C13H12O3S. The first kappa shape index (κ1) is 12.1. The number of carbonyl (C=O) groups is 2. The number of allylic oxidation sites excluding steroid dienone is 2. The Morgan fingerprint density at radius 2 is 1.65 bits per heavy atom. The topological polar surface area (TPSA) is 54.4 Å². The van der Waals surface area contributed by atoms with E-state index < -0.39 is 5.44 Å². The Balaban J connectivity index is 2.54. The number of fused-ring (bicyclic) bond motifs is 1. The fourth-order valence-electron chi connectivity index (χ4n) is 1.79. The number of carbonyl (C=O) groups excluding carboxylic acids is 2. The molecule has 0 saturated carbocycles. The van der Waals surface area contributed by atoms with E-state index in [1.54, 1.807) is 38.1 Å². The maximum atomic E-state index is 12.2. The average Bonchev–Trinajstić information content (AvgIpc) is 2.31. The summed E-state index contributed by atoms with van der Waals surface area (Å²) in [5.74, 6) is -0.313. The van der Waals surface area contributed by atoms with Crippen LogP contribution in [-0.2, 0) is 0 Å². The van der Waals surface area contributed by atoms with E-state index in [9.17, 15) is 14.7 Å². The number of hydrogen-bond acceptors (Lipinski definition) is 4. The molecule has 1 atom stereocenters. The molecule has 0 heterocycles. The van der Waals surface area contributed by atoms with Gasteiger partial charge in [0.1, 0.15) is 5.44 Å². The first-order valence-corrected chi connectivity index (χ1v) is 6.14. The molecule has 1 aliphatic rings. The average molecular weight is 248 g/mol. The highest BCUT2D eigenvalue weighted by Crippen LogP contribution is 2.33. The first-order valence-electron chi connectivity index (χ1n) is 5.26. The Hall–Kier alpha value is -1.39. The van der Waals surface area contributed by atoms with Gasteiger partial charge in [-0.1, -0.05) is 36.0 Å². The Labute approximate surface area is 104 Å². The van der Waals surface area contributed by atoms with Crippen molar-refractivity contribution in [3.63, 3.8) is 0 Å². The summed E-state index contributed by atoms with van der Waals surface area (Å²) in [5.41, 5.74) is 0.581. The maximum Gasteiger partial charge on any atom is 0.200 e. The summed E-state index contributed by atoms with van der Waals surface area (Å²) in [6.07, 6.45) is 0. The van der Waals surface area contributed by atoms with Crippen molar-refractivity contribution in [2.45, 2.75) is 19.3 Å². The number of rotatable bonds is 2. The number of benzene rings is 1. The molecule has 88 valence electrons. The van der Waals surface area contributed by atoms with Gasteiger partial charge >= 0.3 is 0 Å². The van der Waals surface area contributed by atoms with Crippen LogP contribution in [-0.4, -0.2) is 22.1 Å². The molecule has 0 bridgehead atoms. The zero-order valence-electron chi connectivity index (χ0n) is 9.56. The Kier molecular flexibility index (Phi) is 3.17. The van der Waals surface area contributed by atoms with Crippen LogP contribution in [0.4, 0.5) is 0 Å². The van der Waals surface area contributed by atoms with Crippen molar-refractivity contribution in [3.05, 3.63) is 45.9 Å². The SMILES string of the molecule is CC1=C(SC(C)O)C(=O)c2ccccc2C1=O. The zero-order valence-corrected chi connectivity index (χ0v) is 10.4. The number of Topliss-reactive ketones (excluding diaryl/α,β-unsaturated/α-hetero) is 2. The standard InChI is InChI=1S/C13H12O3S/c1-7-11(15)9-5-3-4-6-10(9)12(16)13(7)17-8(2)14/h3-6,8,14H,1-2H3. The maximum absolute atomic E-state index is 12.2. The minimum atomic E-state index is -0.707. The summed E-state index contributed by atoms with van der Waals surface area (Å²) in [5, 5.41) is 9.34. The molecule has 0 aliphatic heterocycles. The quantitative estimate of drug-likeness (QED) is 0.817. The molecule has 1 N–H and O–H groups in total.